The fraction of sp³-hybridized carbons (Fsp3) is 0.500. The van der Waals surface area contributed by atoms with Crippen molar-refractivity contribution in [3.8, 4) is 0 Å². The third kappa shape index (κ3) is 3.85. The topological polar surface area (TPSA) is 85.2 Å². The molecule has 1 fully saturated rings. The molecule has 2 aromatic rings. The summed E-state index contributed by atoms with van der Waals surface area (Å²) < 4.78 is 7.32. The quantitative estimate of drug-likeness (QED) is 0.874. The van der Waals surface area contributed by atoms with Crippen molar-refractivity contribution in [1.29, 1.82) is 0 Å². The van der Waals surface area contributed by atoms with Crippen LogP contribution in [0.15, 0.2) is 30.7 Å². The molecule has 0 aliphatic carbocycles. The smallest absolute Gasteiger partial charge is 0.411 e. The van der Waals surface area contributed by atoms with Crippen LogP contribution in [0.3, 0.4) is 0 Å². The minimum atomic E-state index is -0.486. The maximum Gasteiger partial charge on any atom is 0.411 e. The number of aromatic nitrogens is 4. The number of nitrogens with one attached hydrogen (secondary N) is 1. The number of rotatable bonds is 3. The number of hydrogen-bond donors (Lipinski definition) is 1. The second-order valence-corrected chi connectivity index (χ2v) is 8.38. The van der Waals surface area contributed by atoms with Gasteiger partial charge in [-0.15, -0.1) is 0 Å². The van der Waals surface area contributed by atoms with Crippen molar-refractivity contribution < 1.29 is 9.53 Å². The molecule has 0 radical (unpaired) electrons. The van der Waals surface area contributed by atoms with Gasteiger partial charge in [-0.25, -0.2) is 14.8 Å². The van der Waals surface area contributed by atoms with Crippen LogP contribution >= 0.6 is 0 Å². The van der Waals surface area contributed by atoms with Crippen LogP contribution in [0.2, 0.25) is 0 Å². The Kier molecular flexibility index (Phi) is 4.56. The lowest BCUT2D eigenvalue weighted by molar-refractivity contribution is 0.0175. The van der Waals surface area contributed by atoms with Gasteiger partial charge < -0.3 is 10.1 Å². The van der Waals surface area contributed by atoms with Gasteiger partial charge in [0.1, 0.15) is 5.60 Å². The Morgan fingerprint density at radius 1 is 1.32 bits per heavy atom. The van der Waals surface area contributed by atoms with E-state index >= 15 is 0 Å². The van der Waals surface area contributed by atoms with Crippen LogP contribution in [0.5, 0.6) is 0 Å². The van der Waals surface area contributed by atoms with E-state index in [1.165, 1.54) is 0 Å². The monoisotopic (exact) mass is 382 g/mol. The first-order valence-electron chi connectivity index (χ1n) is 9.59. The van der Waals surface area contributed by atoms with E-state index in [2.05, 4.69) is 26.5 Å². The van der Waals surface area contributed by atoms with Gasteiger partial charge in [-0.05, 0) is 51.7 Å². The number of carbonyl (C=O) groups is 1. The standard InChI is InChI=1S/C20H26N6O2/c1-20(2,3)28-19(27)26-15-5-6-16(26)10-13(9-15)17-7-8-21-18(24-17)23-14-11-22-25(4)12-14/h7-9,11-12,15-16H,5-6,10H2,1-4H3,(H,21,23,24). The Bertz CT molecular complexity index is 913. The van der Waals surface area contributed by atoms with E-state index in [4.69, 9.17) is 4.74 Å². The van der Waals surface area contributed by atoms with E-state index in [1.807, 2.05) is 45.0 Å². The third-order valence-electron chi connectivity index (χ3n) is 4.95. The van der Waals surface area contributed by atoms with Crippen LogP contribution < -0.4 is 5.32 Å². The third-order valence-corrected chi connectivity index (χ3v) is 4.95. The number of hydrogen-bond acceptors (Lipinski definition) is 6. The summed E-state index contributed by atoms with van der Waals surface area (Å²) >= 11 is 0. The molecule has 0 saturated carbocycles. The minimum absolute atomic E-state index is 0.0632. The minimum Gasteiger partial charge on any atom is -0.444 e. The predicted octanol–water partition coefficient (Wildman–Crippen LogP) is 3.51. The zero-order valence-corrected chi connectivity index (χ0v) is 16.7. The molecule has 8 nitrogen and oxygen atoms in total. The molecule has 1 amide bonds. The van der Waals surface area contributed by atoms with E-state index in [1.54, 1.807) is 17.1 Å². The molecular weight excluding hydrogens is 356 g/mol. The number of anilines is 2. The van der Waals surface area contributed by atoms with Gasteiger partial charge in [0.2, 0.25) is 5.95 Å². The first-order valence-corrected chi connectivity index (χ1v) is 9.59. The first-order chi connectivity index (χ1) is 13.3. The molecule has 0 aromatic carbocycles. The van der Waals surface area contributed by atoms with Gasteiger partial charge in [0.25, 0.3) is 0 Å². The number of nitrogens with zero attached hydrogens (tertiary/aromatic N) is 5. The molecule has 2 unspecified atom stereocenters. The average molecular weight is 382 g/mol. The van der Waals surface area contributed by atoms with E-state index in [9.17, 15) is 4.79 Å². The van der Waals surface area contributed by atoms with Gasteiger partial charge in [0.15, 0.2) is 0 Å². The molecule has 28 heavy (non-hydrogen) atoms. The van der Waals surface area contributed by atoms with Gasteiger partial charge in [0.05, 0.1) is 23.6 Å². The zero-order valence-electron chi connectivity index (χ0n) is 16.7. The Labute approximate surface area is 164 Å². The Morgan fingerprint density at radius 3 is 2.82 bits per heavy atom. The van der Waals surface area contributed by atoms with Crippen molar-refractivity contribution in [3.05, 3.63) is 36.4 Å². The maximum atomic E-state index is 12.6. The second kappa shape index (κ2) is 6.92. The number of aryl methyl sites for hydroxylation is 1. The van der Waals surface area contributed by atoms with Crippen LogP contribution in [0.25, 0.3) is 5.57 Å². The number of amides is 1. The van der Waals surface area contributed by atoms with Crippen molar-refractivity contribution in [3.63, 3.8) is 0 Å². The fourth-order valence-corrected chi connectivity index (χ4v) is 3.83. The van der Waals surface area contributed by atoms with Crippen LogP contribution in [-0.2, 0) is 11.8 Å². The summed E-state index contributed by atoms with van der Waals surface area (Å²) in [4.78, 5) is 23.5. The summed E-state index contributed by atoms with van der Waals surface area (Å²) in [6.07, 6.45) is 10.0. The summed E-state index contributed by atoms with van der Waals surface area (Å²) in [6, 6.07) is 2.14. The van der Waals surface area contributed by atoms with Crippen molar-refractivity contribution in [2.45, 2.75) is 57.7 Å². The molecule has 8 heteroatoms. The lowest BCUT2D eigenvalue weighted by Crippen LogP contribution is -2.45. The van der Waals surface area contributed by atoms with Gasteiger partial charge >= 0.3 is 6.09 Å². The first kappa shape index (κ1) is 18.5. The fourth-order valence-electron chi connectivity index (χ4n) is 3.83. The normalized spacial score (nSPS) is 21.4. The summed E-state index contributed by atoms with van der Waals surface area (Å²) in [5.41, 5.74) is 2.40. The summed E-state index contributed by atoms with van der Waals surface area (Å²) in [6.45, 7) is 5.70. The molecule has 148 valence electrons. The summed E-state index contributed by atoms with van der Waals surface area (Å²) in [5, 5.41) is 7.32. The van der Waals surface area contributed by atoms with Crippen LogP contribution in [-0.4, -0.2) is 48.4 Å². The molecule has 2 bridgehead atoms. The molecule has 4 rings (SSSR count). The highest BCUT2D eigenvalue weighted by Crippen LogP contribution is 2.39. The lowest BCUT2D eigenvalue weighted by atomic mass is 9.99. The summed E-state index contributed by atoms with van der Waals surface area (Å²) in [5.74, 6) is 0.535. The highest BCUT2D eigenvalue weighted by molar-refractivity contribution is 5.74. The molecule has 2 aliphatic heterocycles. The molecule has 0 spiro atoms. The SMILES string of the molecule is Cn1cc(Nc2nccc(C3=CC4CCC(C3)N4C(=O)OC(C)(C)C)n2)cn1. The van der Waals surface area contributed by atoms with Crippen molar-refractivity contribution in [2.24, 2.45) is 7.05 Å². The number of ether oxygens (including phenoxy) is 1. The number of carbonyl (C=O) groups excluding carboxylic acids is 1. The largest absolute Gasteiger partial charge is 0.444 e. The second-order valence-electron chi connectivity index (χ2n) is 8.38. The zero-order chi connectivity index (χ0) is 19.9. The molecule has 1 N–H and O–H groups in total. The van der Waals surface area contributed by atoms with Crippen molar-refractivity contribution in [1.82, 2.24) is 24.6 Å². The van der Waals surface area contributed by atoms with E-state index in [0.29, 0.717) is 5.95 Å². The average Bonchev–Trinajstić information content (AvgIpc) is 3.13. The number of fused-ring (bicyclic) bond motifs is 2. The van der Waals surface area contributed by atoms with E-state index in [0.717, 1.165) is 36.2 Å². The Hall–Kier alpha value is -2.90. The van der Waals surface area contributed by atoms with Crippen LogP contribution in [0.4, 0.5) is 16.4 Å². The van der Waals surface area contributed by atoms with Gasteiger partial charge in [0, 0.05) is 25.5 Å². The highest BCUT2D eigenvalue weighted by atomic mass is 16.6. The van der Waals surface area contributed by atoms with Gasteiger partial charge in [-0.1, -0.05) is 6.08 Å². The van der Waals surface area contributed by atoms with Crippen LogP contribution in [0, 0.1) is 0 Å². The van der Waals surface area contributed by atoms with Crippen molar-refractivity contribution >= 4 is 23.3 Å². The molecule has 2 aliphatic rings. The lowest BCUT2D eigenvalue weighted by Gasteiger charge is -2.35. The molecule has 2 atom stereocenters. The van der Waals surface area contributed by atoms with Crippen molar-refractivity contribution in [2.75, 3.05) is 5.32 Å². The van der Waals surface area contributed by atoms with Gasteiger partial charge in [-0.2, -0.15) is 5.10 Å². The molecule has 2 aromatic heterocycles. The summed E-state index contributed by atoms with van der Waals surface area (Å²) in [7, 11) is 1.86. The highest BCUT2D eigenvalue weighted by Gasteiger charge is 2.41. The maximum absolute atomic E-state index is 12.6. The molecule has 4 heterocycles. The molecule has 1 saturated heterocycles. The van der Waals surface area contributed by atoms with E-state index in [-0.39, 0.29) is 18.2 Å². The molecular formula is C20H26N6O2. The Balaban J connectivity index is 1.52. The predicted molar refractivity (Wildman–Crippen MR) is 106 cm³/mol. The van der Waals surface area contributed by atoms with Crippen LogP contribution in [0.1, 0.15) is 45.7 Å². The van der Waals surface area contributed by atoms with Gasteiger partial charge in [-0.3, -0.25) is 9.58 Å². The Morgan fingerprint density at radius 2 is 2.14 bits per heavy atom. The van der Waals surface area contributed by atoms with E-state index < -0.39 is 5.60 Å².